The average Bonchev–Trinajstić information content (AvgIpc) is 2.31. The minimum absolute atomic E-state index is 0.120. The normalized spacial score (nSPS) is 11.7. The SMILES string of the molecule is COCC(NC(=O)Nc1ccccc1Cl)C(=O)O. The molecule has 2 amide bonds. The number of rotatable bonds is 5. The highest BCUT2D eigenvalue weighted by atomic mass is 35.5. The van der Waals surface area contributed by atoms with Crippen molar-refractivity contribution >= 4 is 29.3 Å². The molecule has 0 aliphatic rings. The lowest BCUT2D eigenvalue weighted by Gasteiger charge is -2.14. The van der Waals surface area contributed by atoms with Crippen molar-refractivity contribution in [1.82, 2.24) is 5.32 Å². The lowest BCUT2D eigenvalue weighted by molar-refractivity contribution is -0.140. The summed E-state index contributed by atoms with van der Waals surface area (Å²) in [5, 5.41) is 13.9. The molecule has 0 aromatic heterocycles. The fourth-order valence-electron chi connectivity index (χ4n) is 1.22. The van der Waals surface area contributed by atoms with Gasteiger partial charge in [0.1, 0.15) is 0 Å². The van der Waals surface area contributed by atoms with Gasteiger partial charge in [-0.25, -0.2) is 9.59 Å². The summed E-state index contributed by atoms with van der Waals surface area (Å²) in [6, 6.07) is 4.86. The summed E-state index contributed by atoms with van der Waals surface area (Å²) >= 11 is 5.85. The summed E-state index contributed by atoms with van der Waals surface area (Å²) < 4.78 is 4.69. The maximum absolute atomic E-state index is 11.6. The minimum Gasteiger partial charge on any atom is -0.480 e. The number of hydrogen-bond acceptors (Lipinski definition) is 3. The number of carbonyl (C=O) groups excluding carboxylic acids is 1. The monoisotopic (exact) mass is 272 g/mol. The number of aliphatic carboxylic acids is 1. The molecule has 7 heteroatoms. The summed E-state index contributed by atoms with van der Waals surface area (Å²) in [6.45, 7) is -0.120. The van der Waals surface area contributed by atoms with Gasteiger partial charge in [-0.15, -0.1) is 0 Å². The fourth-order valence-corrected chi connectivity index (χ4v) is 1.40. The van der Waals surface area contributed by atoms with E-state index >= 15 is 0 Å². The average molecular weight is 273 g/mol. The van der Waals surface area contributed by atoms with Crippen LogP contribution in [0.2, 0.25) is 5.02 Å². The van der Waals surface area contributed by atoms with Gasteiger partial charge in [-0.3, -0.25) is 0 Å². The van der Waals surface area contributed by atoms with Crippen molar-refractivity contribution in [2.24, 2.45) is 0 Å². The molecule has 0 spiro atoms. The molecule has 3 N–H and O–H groups in total. The molecular weight excluding hydrogens is 260 g/mol. The van der Waals surface area contributed by atoms with Crippen molar-refractivity contribution in [2.75, 3.05) is 19.0 Å². The van der Waals surface area contributed by atoms with Crippen LogP contribution in [0.15, 0.2) is 24.3 Å². The Balaban J connectivity index is 2.61. The topological polar surface area (TPSA) is 87.7 Å². The summed E-state index contributed by atoms with van der Waals surface area (Å²) in [6.07, 6.45) is 0. The molecule has 0 bridgehead atoms. The third-order valence-electron chi connectivity index (χ3n) is 2.06. The minimum atomic E-state index is -1.17. The number of nitrogens with one attached hydrogen (secondary N) is 2. The van der Waals surface area contributed by atoms with Gasteiger partial charge >= 0.3 is 12.0 Å². The predicted octanol–water partition coefficient (Wildman–Crippen LogP) is 1.56. The third-order valence-corrected chi connectivity index (χ3v) is 2.39. The quantitative estimate of drug-likeness (QED) is 0.759. The van der Waals surface area contributed by atoms with Gasteiger partial charge in [0, 0.05) is 7.11 Å². The van der Waals surface area contributed by atoms with E-state index in [2.05, 4.69) is 10.6 Å². The van der Waals surface area contributed by atoms with Crippen molar-refractivity contribution in [3.05, 3.63) is 29.3 Å². The number of halogens is 1. The van der Waals surface area contributed by atoms with Crippen LogP contribution in [0.25, 0.3) is 0 Å². The van der Waals surface area contributed by atoms with Crippen molar-refractivity contribution in [3.63, 3.8) is 0 Å². The van der Waals surface area contributed by atoms with Gasteiger partial charge in [-0.05, 0) is 12.1 Å². The number of ether oxygens (including phenoxy) is 1. The molecule has 18 heavy (non-hydrogen) atoms. The van der Waals surface area contributed by atoms with Crippen molar-refractivity contribution in [3.8, 4) is 0 Å². The van der Waals surface area contributed by atoms with Gasteiger partial charge < -0.3 is 20.5 Å². The molecule has 0 fully saturated rings. The van der Waals surface area contributed by atoms with Crippen LogP contribution in [-0.2, 0) is 9.53 Å². The molecule has 0 saturated heterocycles. The molecule has 0 radical (unpaired) electrons. The van der Waals surface area contributed by atoms with E-state index in [0.29, 0.717) is 10.7 Å². The molecule has 0 saturated carbocycles. The molecule has 98 valence electrons. The molecule has 1 rings (SSSR count). The maximum Gasteiger partial charge on any atom is 0.328 e. The number of amides is 2. The molecule has 1 aromatic carbocycles. The van der Waals surface area contributed by atoms with Gasteiger partial charge in [-0.1, -0.05) is 23.7 Å². The molecule has 0 aliphatic carbocycles. The highest BCUT2D eigenvalue weighted by Crippen LogP contribution is 2.20. The van der Waals surface area contributed by atoms with E-state index in [1.165, 1.54) is 7.11 Å². The Morgan fingerprint density at radius 1 is 1.44 bits per heavy atom. The molecule has 0 aliphatic heterocycles. The number of benzene rings is 1. The van der Waals surface area contributed by atoms with E-state index in [1.54, 1.807) is 24.3 Å². The van der Waals surface area contributed by atoms with Crippen LogP contribution >= 0.6 is 11.6 Å². The van der Waals surface area contributed by atoms with E-state index in [0.717, 1.165) is 0 Å². The highest BCUT2D eigenvalue weighted by Gasteiger charge is 2.19. The molecule has 1 unspecified atom stereocenters. The third kappa shape index (κ3) is 4.23. The van der Waals surface area contributed by atoms with Crippen LogP contribution in [0, 0.1) is 0 Å². The number of methoxy groups -OCH3 is 1. The Hall–Kier alpha value is -1.79. The first kappa shape index (κ1) is 14.3. The second-order valence-corrected chi connectivity index (χ2v) is 3.83. The van der Waals surface area contributed by atoms with Crippen LogP contribution in [0.5, 0.6) is 0 Å². The van der Waals surface area contributed by atoms with Crippen LogP contribution < -0.4 is 10.6 Å². The predicted molar refractivity (Wildman–Crippen MR) is 66.9 cm³/mol. The first-order valence-corrected chi connectivity index (χ1v) is 5.46. The van der Waals surface area contributed by atoms with E-state index in [9.17, 15) is 9.59 Å². The zero-order valence-electron chi connectivity index (χ0n) is 9.64. The Bertz CT molecular complexity index is 439. The Kier molecular flexibility index (Phi) is 5.41. The lowest BCUT2D eigenvalue weighted by atomic mass is 10.3. The first-order valence-electron chi connectivity index (χ1n) is 5.08. The molecule has 1 aromatic rings. The van der Waals surface area contributed by atoms with Gasteiger partial charge in [0.25, 0.3) is 0 Å². The maximum atomic E-state index is 11.6. The van der Waals surface area contributed by atoms with E-state index in [-0.39, 0.29) is 6.61 Å². The second-order valence-electron chi connectivity index (χ2n) is 3.42. The number of urea groups is 1. The number of carboxylic acid groups (broad SMARTS) is 1. The summed E-state index contributed by atoms with van der Waals surface area (Å²) in [4.78, 5) is 22.4. The van der Waals surface area contributed by atoms with E-state index in [4.69, 9.17) is 21.4 Å². The molecule has 0 heterocycles. The van der Waals surface area contributed by atoms with Gasteiger partial charge in [-0.2, -0.15) is 0 Å². The standard InChI is InChI=1S/C11H13ClN2O4/c1-18-6-9(10(15)16)14-11(17)13-8-5-3-2-4-7(8)12/h2-5,9H,6H2,1H3,(H,15,16)(H2,13,14,17). The summed E-state index contributed by atoms with van der Waals surface area (Å²) in [7, 11) is 1.35. The number of carbonyl (C=O) groups is 2. The van der Waals surface area contributed by atoms with Crippen LogP contribution in [-0.4, -0.2) is 36.9 Å². The molecular formula is C11H13ClN2O4. The highest BCUT2D eigenvalue weighted by molar-refractivity contribution is 6.33. The smallest absolute Gasteiger partial charge is 0.328 e. The van der Waals surface area contributed by atoms with Crippen molar-refractivity contribution < 1.29 is 19.4 Å². The Labute approximate surface area is 109 Å². The first-order chi connectivity index (χ1) is 8.54. The zero-order chi connectivity index (χ0) is 13.5. The van der Waals surface area contributed by atoms with Crippen molar-refractivity contribution in [2.45, 2.75) is 6.04 Å². The van der Waals surface area contributed by atoms with Gasteiger partial charge in [0.2, 0.25) is 0 Å². The zero-order valence-corrected chi connectivity index (χ0v) is 10.4. The number of carboxylic acids is 1. The lowest BCUT2D eigenvalue weighted by Crippen LogP contribution is -2.45. The molecule has 1 atom stereocenters. The van der Waals surface area contributed by atoms with Crippen LogP contribution in [0.1, 0.15) is 0 Å². The largest absolute Gasteiger partial charge is 0.480 e. The number of hydrogen-bond donors (Lipinski definition) is 3. The molecule has 6 nitrogen and oxygen atoms in total. The Morgan fingerprint density at radius 2 is 2.11 bits per heavy atom. The van der Waals surface area contributed by atoms with Crippen molar-refractivity contribution in [1.29, 1.82) is 0 Å². The second kappa shape index (κ2) is 6.83. The fraction of sp³-hybridized carbons (Fsp3) is 0.273. The van der Waals surface area contributed by atoms with Gasteiger partial charge in [0.15, 0.2) is 6.04 Å². The number of anilines is 1. The number of para-hydroxylation sites is 1. The summed E-state index contributed by atoms with van der Waals surface area (Å²) in [5.74, 6) is -1.17. The van der Waals surface area contributed by atoms with Gasteiger partial charge in [0.05, 0.1) is 17.3 Å². The Morgan fingerprint density at radius 3 is 2.67 bits per heavy atom. The summed E-state index contributed by atoms with van der Waals surface area (Å²) in [5.41, 5.74) is 0.401. The van der Waals surface area contributed by atoms with Crippen LogP contribution in [0.3, 0.4) is 0 Å². The van der Waals surface area contributed by atoms with E-state index in [1.807, 2.05) is 0 Å². The van der Waals surface area contributed by atoms with E-state index < -0.39 is 18.0 Å². The van der Waals surface area contributed by atoms with Crippen LogP contribution in [0.4, 0.5) is 10.5 Å².